The molecule has 0 aliphatic carbocycles. The highest BCUT2D eigenvalue weighted by Gasteiger charge is 2.27. The van der Waals surface area contributed by atoms with Crippen LogP contribution >= 0.6 is 22.9 Å². The Morgan fingerprint density at radius 3 is 2.51 bits per heavy atom. The quantitative estimate of drug-likeness (QED) is 0.205. The minimum atomic E-state index is -0.648. The van der Waals surface area contributed by atoms with Gasteiger partial charge in [-0.05, 0) is 49.7 Å². The predicted octanol–water partition coefficient (Wildman–Crippen LogP) is 5.78. The van der Waals surface area contributed by atoms with E-state index in [1.165, 1.54) is 7.11 Å². The summed E-state index contributed by atoms with van der Waals surface area (Å²) in [7, 11) is 3.07. The average molecular weight is 599 g/mol. The highest BCUT2D eigenvalue weighted by molar-refractivity contribution is 7.19. The van der Waals surface area contributed by atoms with E-state index in [4.69, 9.17) is 30.3 Å². The second kappa shape index (κ2) is 13.3. The number of amides is 2. The largest absolute Gasteiger partial charge is 0.493 e. The van der Waals surface area contributed by atoms with Crippen LogP contribution in [0.25, 0.3) is 11.4 Å². The van der Waals surface area contributed by atoms with Gasteiger partial charge in [0.15, 0.2) is 11.5 Å². The number of benzene rings is 2. The Bertz CT molecular complexity index is 1580. The summed E-state index contributed by atoms with van der Waals surface area (Å²) in [5, 5.41) is 10.0. The van der Waals surface area contributed by atoms with Gasteiger partial charge in [0.2, 0.25) is 17.6 Å². The van der Waals surface area contributed by atoms with Gasteiger partial charge in [0, 0.05) is 18.4 Å². The molecule has 0 bridgehead atoms. The third-order valence-corrected chi connectivity index (χ3v) is 7.42. The van der Waals surface area contributed by atoms with Crippen molar-refractivity contribution in [1.82, 2.24) is 10.1 Å². The minimum absolute atomic E-state index is 0.0199. The number of halogens is 1. The zero-order valence-corrected chi connectivity index (χ0v) is 24.3. The molecular formula is C28H27ClN4O7S. The summed E-state index contributed by atoms with van der Waals surface area (Å²) in [5.41, 5.74) is 1.56. The van der Waals surface area contributed by atoms with Crippen LogP contribution in [0, 0.1) is 6.92 Å². The van der Waals surface area contributed by atoms with Crippen LogP contribution in [0.3, 0.4) is 0 Å². The van der Waals surface area contributed by atoms with Crippen LogP contribution in [0.5, 0.6) is 11.5 Å². The van der Waals surface area contributed by atoms with Crippen molar-refractivity contribution in [2.45, 2.75) is 26.7 Å². The molecule has 0 saturated carbocycles. The van der Waals surface area contributed by atoms with E-state index in [0.29, 0.717) is 39.2 Å². The Morgan fingerprint density at radius 1 is 1.05 bits per heavy atom. The fraction of sp³-hybridized carbons (Fsp3) is 0.250. The normalized spacial score (nSPS) is 10.7. The van der Waals surface area contributed by atoms with Gasteiger partial charge < -0.3 is 29.4 Å². The van der Waals surface area contributed by atoms with E-state index in [9.17, 15) is 14.4 Å². The molecule has 0 saturated heterocycles. The first-order valence-electron chi connectivity index (χ1n) is 12.5. The molecule has 2 amide bonds. The van der Waals surface area contributed by atoms with Crippen molar-refractivity contribution in [2.75, 3.05) is 31.5 Å². The van der Waals surface area contributed by atoms with Gasteiger partial charge in [-0.15, -0.1) is 11.3 Å². The number of anilines is 2. The Morgan fingerprint density at radius 2 is 1.80 bits per heavy atom. The van der Waals surface area contributed by atoms with Crippen molar-refractivity contribution in [1.29, 1.82) is 0 Å². The monoisotopic (exact) mass is 598 g/mol. The molecule has 0 spiro atoms. The first kappa shape index (κ1) is 29.6. The maximum Gasteiger partial charge on any atom is 0.341 e. The maximum absolute atomic E-state index is 13.1. The molecule has 0 aliphatic rings. The Kier molecular flexibility index (Phi) is 9.58. The molecule has 2 N–H and O–H groups in total. The van der Waals surface area contributed by atoms with Crippen LogP contribution in [0.4, 0.5) is 10.7 Å². The number of ether oxygens (including phenoxy) is 3. The number of carbonyl (C=O) groups excluding carboxylic acids is 3. The Labute approximate surface area is 244 Å². The molecule has 4 aromatic rings. The fourth-order valence-corrected chi connectivity index (χ4v) is 5.16. The predicted molar refractivity (Wildman–Crippen MR) is 154 cm³/mol. The lowest BCUT2D eigenvalue weighted by molar-refractivity contribution is -0.116. The molecule has 0 unspecified atom stereocenters. The number of nitrogens with zero attached hydrogens (tertiary/aromatic N) is 2. The van der Waals surface area contributed by atoms with Gasteiger partial charge in [0.25, 0.3) is 5.91 Å². The summed E-state index contributed by atoms with van der Waals surface area (Å²) >= 11 is 7.14. The van der Waals surface area contributed by atoms with Gasteiger partial charge in [-0.3, -0.25) is 9.59 Å². The van der Waals surface area contributed by atoms with Crippen LogP contribution in [0.2, 0.25) is 5.02 Å². The molecule has 2 aromatic carbocycles. The molecule has 0 atom stereocenters. The number of para-hydroxylation sites is 1. The molecule has 41 heavy (non-hydrogen) atoms. The molecular weight excluding hydrogens is 572 g/mol. The summed E-state index contributed by atoms with van der Waals surface area (Å²) in [5.74, 6) is 0.115. The number of aryl methyl sites for hydroxylation is 1. The summed E-state index contributed by atoms with van der Waals surface area (Å²) in [6.07, 6.45) is 0.124. The first-order chi connectivity index (χ1) is 19.7. The fourth-order valence-electron chi connectivity index (χ4n) is 3.87. The number of hydrogen-bond acceptors (Lipinski definition) is 10. The van der Waals surface area contributed by atoms with Gasteiger partial charge in [-0.25, -0.2) is 4.79 Å². The SMILES string of the molecule is CCOC(=O)c1c(NC(=O)CCc2nc(-c3ccc(OC)c(OC)c3)no2)sc(C(=O)Nc2ccccc2Cl)c1C. The van der Waals surface area contributed by atoms with E-state index in [2.05, 4.69) is 20.8 Å². The molecule has 0 aliphatic heterocycles. The van der Waals surface area contributed by atoms with E-state index < -0.39 is 17.8 Å². The summed E-state index contributed by atoms with van der Waals surface area (Å²) < 4.78 is 21.1. The summed E-state index contributed by atoms with van der Waals surface area (Å²) in [6, 6.07) is 12.0. The topological polar surface area (TPSA) is 142 Å². The molecule has 214 valence electrons. The third kappa shape index (κ3) is 6.84. The van der Waals surface area contributed by atoms with E-state index >= 15 is 0 Å². The molecule has 0 fully saturated rings. The van der Waals surface area contributed by atoms with Crippen molar-refractivity contribution in [3.05, 3.63) is 69.4 Å². The lowest BCUT2D eigenvalue weighted by atomic mass is 10.1. The number of aromatic nitrogens is 2. The highest BCUT2D eigenvalue weighted by Crippen LogP contribution is 2.35. The number of methoxy groups -OCH3 is 2. The van der Waals surface area contributed by atoms with Gasteiger partial charge in [-0.2, -0.15) is 4.98 Å². The van der Waals surface area contributed by atoms with Gasteiger partial charge in [0.05, 0.1) is 42.0 Å². The third-order valence-electron chi connectivity index (χ3n) is 5.88. The van der Waals surface area contributed by atoms with Crippen molar-refractivity contribution in [3.63, 3.8) is 0 Å². The highest BCUT2D eigenvalue weighted by atomic mass is 35.5. The van der Waals surface area contributed by atoms with Crippen LogP contribution in [-0.4, -0.2) is 48.8 Å². The lowest BCUT2D eigenvalue weighted by Crippen LogP contribution is -2.15. The van der Waals surface area contributed by atoms with Crippen molar-refractivity contribution in [2.24, 2.45) is 0 Å². The summed E-state index contributed by atoms with van der Waals surface area (Å²) in [6.45, 7) is 3.42. The summed E-state index contributed by atoms with van der Waals surface area (Å²) in [4.78, 5) is 43.3. The average Bonchev–Trinajstić information content (AvgIpc) is 3.57. The van der Waals surface area contributed by atoms with Crippen LogP contribution < -0.4 is 20.1 Å². The zero-order chi connectivity index (χ0) is 29.5. The van der Waals surface area contributed by atoms with Gasteiger partial charge in [-0.1, -0.05) is 28.9 Å². The number of thiophene rings is 1. The molecule has 2 heterocycles. The number of rotatable bonds is 11. The van der Waals surface area contributed by atoms with Gasteiger partial charge >= 0.3 is 5.97 Å². The number of nitrogens with one attached hydrogen (secondary N) is 2. The number of esters is 1. The standard InChI is InChI=1S/C28H27ClN4O7S/c1-5-39-28(36)23-15(2)24(26(35)30-18-9-7-6-8-17(18)29)41-27(23)31-21(34)12-13-22-32-25(33-40-22)16-10-11-19(37-3)20(14-16)38-4/h6-11,14H,5,12-13H2,1-4H3,(H,30,35)(H,31,34). The maximum atomic E-state index is 13.1. The smallest absolute Gasteiger partial charge is 0.341 e. The molecule has 2 aromatic heterocycles. The van der Waals surface area contributed by atoms with Crippen molar-refractivity contribution >= 4 is 51.4 Å². The molecule has 4 rings (SSSR count). The molecule has 0 radical (unpaired) electrons. The van der Waals surface area contributed by atoms with Crippen LogP contribution in [0.1, 0.15) is 44.8 Å². The van der Waals surface area contributed by atoms with Gasteiger partial charge in [0.1, 0.15) is 5.00 Å². The lowest BCUT2D eigenvalue weighted by Gasteiger charge is -2.07. The van der Waals surface area contributed by atoms with Crippen molar-refractivity contribution in [3.8, 4) is 22.9 Å². The molecule has 11 nitrogen and oxygen atoms in total. The number of carbonyl (C=O) groups is 3. The van der Waals surface area contributed by atoms with E-state index in [-0.39, 0.29) is 40.8 Å². The Hall–Kier alpha value is -4.42. The second-order valence-electron chi connectivity index (χ2n) is 8.54. The minimum Gasteiger partial charge on any atom is -0.493 e. The van der Waals surface area contributed by atoms with E-state index in [0.717, 1.165) is 11.3 Å². The number of hydrogen-bond donors (Lipinski definition) is 2. The van der Waals surface area contributed by atoms with Crippen molar-refractivity contribution < 1.29 is 33.1 Å². The van der Waals surface area contributed by atoms with Crippen LogP contribution in [-0.2, 0) is 16.0 Å². The van der Waals surface area contributed by atoms with E-state index in [1.54, 1.807) is 63.4 Å². The molecule has 13 heteroatoms. The second-order valence-corrected chi connectivity index (χ2v) is 9.97. The Balaban J connectivity index is 1.47. The zero-order valence-electron chi connectivity index (χ0n) is 22.7. The van der Waals surface area contributed by atoms with Crippen LogP contribution in [0.15, 0.2) is 47.0 Å². The van der Waals surface area contributed by atoms with E-state index in [1.807, 2.05) is 0 Å². The first-order valence-corrected chi connectivity index (χ1v) is 13.7.